The highest BCUT2D eigenvalue weighted by Crippen LogP contribution is 2.26. The van der Waals surface area contributed by atoms with Crippen molar-refractivity contribution in [3.05, 3.63) is 70.2 Å². The zero-order chi connectivity index (χ0) is 23.3. The zero-order valence-corrected chi connectivity index (χ0v) is 19.0. The maximum atomic E-state index is 14.0. The highest BCUT2D eigenvalue weighted by molar-refractivity contribution is 6.30. The Balaban J connectivity index is 1.72. The second-order valence-corrected chi connectivity index (χ2v) is 8.79. The Kier molecular flexibility index (Phi) is 8.21. The van der Waals surface area contributed by atoms with E-state index in [0.29, 0.717) is 11.6 Å². The number of amides is 2. The van der Waals surface area contributed by atoms with Crippen LogP contribution in [0.4, 0.5) is 8.78 Å². The maximum Gasteiger partial charge on any atom is 0.257 e. The van der Waals surface area contributed by atoms with E-state index in [1.807, 2.05) is 18.2 Å². The molecule has 2 atom stereocenters. The minimum absolute atomic E-state index is 0.0623. The van der Waals surface area contributed by atoms with Crippen LogP contribution in [0.2, 0.25) is 5.02 Å². The van der Waals surface area contributed by atoms with Crippen molar-refractivity contribution >= 4 is 23.4 Å². The summed E-state index contributed by atoms with van der Waals surface area (Å²) in [6.07, 6.45) is 2.17. The van der Waals surface area contributed by atoms with Gasteiger partial charge in [-0.2, -0.15) is 0 Å². The van der Waals surface area contributed by atoms with E-state index in [-0.39, 0.29) is 12.0 Å². The Morgan fingerprint density at radius 1 is 1.06 bits per heavy atom. The lowest BCUT2D eigenvalue weighted by Crippen LogP contribution is -2.51. The highest BCUT2D eigenvalue weighted by atomic mass is 35.5. The predicted molar refractivity (Wildman–Crippen MR) is 120 cm³/mol. The molecule has 2 aromatic carbocycles. The maximum absolute atomic E-state index is 14.0. The van der Waals surface area contributed by atoms with E-state index in [2.05, 4.69) is 15.5 Å². The van der Waals surface area contributed by atoms with Crippen LogP contribution in [0.15, 0.2) is 42.5 Å². The average Bonchev–Trinajstić information content (AvgIpc) is 3.26. The summed E-state index contributed by atoms with van der Waals surface area (Å²) in [5.74, 6) is -3.59. The van der Waals surface area contributed by atoms with Crippen molar-refractivity contribution < 1.29 is 18.4 Å². The molecule has 1 fully saturated rings. The lowest BCUT2D eigenvalue weighted by atomic mass is 10.0. The number of hydrogen-bond acceptors (Lipinski definition) is 3. The standard InChI is InChI=1S/C24H28ClF2N3O2/c1-15(2)22(29-23(31)21-18(26)9-6-10-19(21)27)24(32)28-14-20(30-11-3-4-12-30)16-7-5-8-17(25)13-16/h5-10,13,15,20,22H,3-4,11-12,14H2,1-2H3,(H,28,32)(H,29,31)/t20?,22-/m0/s1. The molecule has 8 heteroatoms. The first kappa shape index (κ1) is 24.1. The molecule has 5 nitrogen and oxygen atoms in total. The number of hydrogen-bond donors (Lipinski definition) is 2. The molecule has 0 bridgehead atoms. The molecule has 1 aliphatic rings. The Morgan fingerprint density at radius 3 is 2.28 bits per heavy atom. The van der Waals surface area contributed by atoms with Gasteiger partial charge in [0.2, 0.25) is 5.91 Å². The Labute approximate surface area is 192 Å². The van der Waals surface area contributed by atoms with Crippen LogP contribution in [0.3, 0.4) is 0 Å². The molecule has 2 amide bonds. The first-order valence-electron chi connectivity index (χ1n) is 10.8. The van der Waals surface area contributed by atoms with Crippen LogP contribution < -0.4 is 10.6 Å². The Hall–Kier alpha value is -2.51. The normalized spacial score (nSPS) is 16.1. The van der Waals surface area contributed by atoms with Crippen molar-refractivity contribution in [2.45, 2.75) is 38.8 Å². The summed E-state index contributed by atoms with van der Waals surface area (Å²) in [6.45, 7) is 5.69. The van der Waals surface area contributed by atoms with Gasteiger partial charge in [-0.15, -0.1) is 0 Å². The average molecular weight is 464 g/mol. The zero-order valence-electron chi connectivity index (χ0n) is 18.2. The third kappa shape index (κ3) is 5.84. The smallest absolute Gasteiger partial charge is 0.257 e. The molecule has 1 aliphatic heterocycles. The van der Waals surface area contributed by atoms with Gasteiger partial charge in [0, 0.05) is 11.6 Å². The molecule has 0 saturated carbocycles. The van der Waals surface area contributed by atoms with Crippen molar-refractivity contribution in [3.8, 4) is 0 Å². The van der Waals surface area contributed by atoms with Crippen LogP contribution in [0, 0.1) is 17.6 Å². The molecule has 2 aromatic rings. The number of nitrogens with one attached hydrogen (secondary N) is 2. The first-order chi connectivity index (χ1) is 15.3. The summed E-state index contributed by atoms with van der Waals surface area (Å²) < 4.78 is 28.0. The second-order valence-electron chi connectivity index (χ2n) is 8.35. The third-order valence-corrected chi connectivity index (χ3v) is 5.95. The van der Waals surface area contributed by atoms with Crippen LogP contribution in [0.5, 0.6) is 0 Å². The first-order valence-corrected chi connectivity index (χ1v) is 11.2. The number of halogens is 3. The summed E-state index contributed by atoms with van der Waals surface area (Å²) in [6, 6.07) is 9.74. The third-order valence-electron chi connectivity index (χ3n) is 5.71. The summed E-state index contributed by atoms with van der Waals surface area (Å²) in [5.41, 5.74) is 0.304. The van der Waals surface area contributed by atoms with Crippen molar-refractivity contribution in [2.24, 2.45) is 5.92 Å². The lowest BCUT2D eigenvalue weighted by Gasteiger charge is -2.30. The molecular weight excluding hydrogens is 436 g/mol. The van der Waals surface area contributed by atoms with Crippen LogP contribution in [0.1, 0.15) is 48.7 Å². The lowest BCUT2D eigenvalue weighted by molar-refractivity contribution is -0.124. The molecule has 1 saturated heterocycles. The van der Waals surface area contributed by atoms with Crippen LogP contribution in [-0.4, -0.2) is 42.4 Å². The monoisotopic (exact) mass is 463 g/mol. The van der Waals surface area contributed by atoms with Gasteiger partial charge < -0.3 is 10.6 Å². The SMILES string of the molecule is CC(C)[C@H](NC(=O)c1c(F)cccc1F)C(=O)NCC(c1cccc(Cl)c1)N1CCCC1. The van der Waals surface area contributed by atoms with E-state index in [1.165, 1.54) is 6.07 Å². The molecule has 0 aliphatic carbocycles. The fourth-order valence-corrected chi connectivity index (χ4v) is 4.19. The molecule has 0 spiro atoms. The van der Waals surface area contributed by atoms with Gasteiger partial charge in [0.05, 0.1) is 6.04 Å². The van der Waals surface area contributed by atoms with Crippen LogP contribution in [0.25, 0.3) is 0 Å². The number of likely N-dealkylation sites (tertiary alicyclic amines) is 1. The molecule has 172 valence electrons. The van der Waals surface area contributed by atoms with Gasteiger partial charge in [-0.1, -0.05) is 43.6 Å². The van der Waals surface area contributed by atoms with E-state index >= 15 is 0 Å². The Morgan fingerprint density at radius 2 is 1.69 bits per heavy atom. The quantitative estimate of drug-likeness (QED) is 0.612. The van der Waals surface area contributed by atoms with Gasteiger partial charge in [-0.05, 0) is 61.7 Å². The predicted octanol–water partition coefficient (Wildman–Crippen LogP) is 4.33. The second kappa shape index (κ2) is 10.9. The number of rotatable bonds is 8. The van der Waals surface area contributed by atoms with Crippen LogP contribution in [-0.2, 0) is 4.79 Å². The van der Waals surface area contributed by atoms with E-state index in [1.54, 1.807) is 19.9 Å². The van der Waals surface area contributed by atoms with Crippen LogP contribution >= 0.6 is 11.6 Å². The number of nitrogens with zero attached hydrogens (tertiary/aromatic N) is 1. The van der Waals surface area contributed by atoms with Crippen molar-refractivity contribution in [2.75, 3.05) is 19.6 Å². The number of carbonyl (C=O) groups excluding carboxylic acids is 2. The van der Waals surface area contributed by atoms with Crippen molar-refractivity contribution in [3.63, 3.8) is 0 Å². The fraction of sp³-hybridized carbons (Fsp3) is 0.417. The molecule has 2 N–H and O–H groups in total. The van der Waals surface area contributed by atoms with Gasteiger partial charge in [0.1, 0.15) is 23.2 Å². The summed E-state index contributed by atoms with van der Waals surface area (Å²) in [7, 11) is 0. The van der Waals surface area contributed by atoms with E-state index in [0.717, 1.165) is 43.6 Å². The number of carbonyl (C=O) groups is 2. The summed E-state index contributed by atoms with van der Waals surface area (Å²) >= 11 is 6.18. The van der Waals surface area contributed by atoms with Gasteiger partial charge in [0.15, 0.2) is 0 Å². The molecular formula is C24H28ClF2N3O2. The van der Waals surface area contributed by atoms with Gasteiger partial charge in [-0.3, -0.25) is 14.5 Å². The van der Waals surface area contributed by atoms with Gasteiger partial charge in [0.25, 0.3) is 5.91 Å². The minimum Gasteiger partial charge on any atom is -0.352 e. The molecule has 0 radical (unpaired) electrons. The molecule has 32 heavy (non-hydrogen) atoms. The number of benzene rings is 2. The minimum atomic E-state index is -0.972. The summed E-state index contributed by atoms with van der Waals surface area (Å²) in [5, 5.41) is 6.03. The van der Waals surface area contributed by atoms with E-state index in [9.17, 15) is 18.4 Å². The molecule has 3 rings (SSSR count). The van der Waals surface area contributed by atoms with Crippen molar-refractivity contribution in [1.82, 2.24) is 15.5 Å². The largest absolute Gasteiger partial charge is 0.352 e. The highest BCUT2D eigenvalue weighted by Gasteiger charge is 2.29. The fourth-order valence-electron chi connectivity index (χ4n) is 4.00. The molecule has 1 heterocycles. The summed E-state index contributed by atoms with van der Waals surface area (Å²) in [4.78, 5) is 27.8. The molecule has 1 unspecified atom stereocenters. The van der Waals surface area contributed by atoms with E-state index < -0.39 is 35.1 Å². The van der Waals surface area contributed by atoms with E-state index in [4.69, 9.17) is 11.6 Å². The Bertz CT molecular complexity index is 944. The van der Waals surface area contributed by atoms with Gasteiger partial charge in [-0.25, -0.2) is 8.78 Å². The topological polar surface area (TPSA) is 61.4 Å². The molecule has 0 aromatic heterocycles. The van der Waals surface area contributed by atoms with Gasteiger partial charge >= 0.3 is 0 Å². The van der Waals surface area contributed by atoms with Crippen molar-refractivity contribution in [1.29, 1.82) is 0 Å².